The first-order chi connectivity index (χ1) is 10.1. The van der Waals surface area contributed by atoms with Gasteiger partial charge in [0.2, 0.25) is 5.91 Å². The van der Waals surface area contributed by atoms with Crippen LogP contribution in [0.4, 0.5) is 5.69 Å². The first-order valence-corrected chi connectivity index (χ1v) is 6.55. The summed E-state index contributed by atoms with van der Waals surface area (Å²) in [5.41, 5.74) is 1.13. The van der Waals surface area contributed by atoms with Gasteiger partial charge in [0, 0.05) is 16.1 Å². The van der Waals surface area contributed by atoms with Crippen LogP contribution in [-0.2, 0) is 4.79 Å². The average molecular weight is 299 g/mol. The fourth-order valence-electron chi connectivity index (χ4n) is 1.82. The number of carbonyl (C=O) groups is 2. The Morgan fingerprint density at radius 2 is 1.86 bits per heavy atom. The molecule has 0 spiro atoms. The van der Waals surface area contributed by atoms with Crippen molar-refractivity contribution in [1.29, 1.82) is 5.26 Å². The third-order valence-electron chi connectivity index (χ3n) is 2.78. The highest BCUT2D eigenvalue weighted by Gasteiger charge is 2.15. The van der Waals surface area contributed by atoms with Crippen LogP contribution in [0.3, 0.4) is 0 Å². The van der Waals surface area contributed by atoms with Gasteiger partial charge in [-0.15, -0.1) is 0 Å². The van der Waals surface area contributed by atoms with Gasteiger partial charge in [-0.25, -0.2) is 0 Å². The Hall–Kier alpha value is -2.64. The maximum Gasteiger partial charge on any atom is 0.238 e. The van der Waals surface area contributed by atoms with Gasteiger partial charge in [-0.05, 0) is 18.2 Å². The predicted molar refractivity (Wildman–Crippen MR) is 80.2 cm³/mol. The van der Waals surface area contributed by atoms with E-state index >= 15 is 0 Å². The van der Waals surface area contributed by atoms with Crippen LogP contribution in [0.1, 0.15) is 22.3 Å². The van der Waals surface area contributed by atoms with E-state index in [1.165, 1.54) is 6.07 Å². The highest BCUT2D eigenvalue weighted by Crippen LogP contribution is 2.23. The molecule has 0 heterocycles. The number of ketones is 1. The first-order valence-electron chi connectivity index (χ1n) is 6.18. The fourth-order valence-corrected chi connectivity index (χ4v) is 2.00. The molecule has 2 aromatic carbocycles. The Morgan fingerprint density at radius 3 is 2.52 bits per heavy atom. The number of nitrogens with zero attached hydrogens (tertiary/aromatic N) is 1. The number of hydrogen-bond donors (Lipinski definition) is 1. The summed E-state index contributed by atoms with van der Waals surface area (Å²) >= 11 is 5.93. The van der Waals surface area contributed by atoms with E-state index in [1.807, 2.05) is 6.07 Å². The Morgan fingerprint density at radius 1 is 1.14 bits per heavy atom. The number of rotatable bonds is 4. The normalized spacial score (nSPS) is 9.71. The number of nitriles is 1. The van der Waals surface area contributed by atoms with E-state index in [4.69, 9.17) is 16.9 Å². The molecular weight excluding hydrogens is 288 g/mol. The quantitative estimate of drug-likeness (QED) is 0.879. The zero-order valence-electron chi connectivity index (χ0n) is 11.0. The monoisotopic (exact) mass is 298 g/mol. The molecule has 2 aromatic rings. The molecule has 2 rings (SSSR count). The number of anilines is 1. The van der Waals surface area contributed by atoms with Crippen molar-refractivity contribution in [3.63, 3.8) is 0 Å². The van der Waals surface area contributed by atoms with Gasteiger partial charge in [0.25, 0.3) is 0 Å². The van der Waals surface area contributed by atoms with Crippen molar-refractivity contribution in [3.8, 4) is 6.07 Å². The predicted octanol–water partition coefficient (Wildman–Crippen LogP) is 3.42. The lowest BCUT2D eigenvalue weighted by Gasteiger charge is -2.10. The van der Waals surface area contributed by atoms with E-state index in [1.54, 1.807) is 42.5 Å². The molecule has 104 valence electrons. The summed E-state index contributed by atoms with van der Waals surface area (Å²) in [4.78, 5) is 24.0. The zero-order valence-corrected chi connectivity index (χ0v) is 11.7. The molecule has 0 unspecified atom stereocenters. The minimum absolute atomic E-state index is 0.245. The van der Waals surface area contributed by atoms with Crippen LogP contribution in [0, 0.1) is 11.3 Å². The number of amides is 1. The van der Waals surface area contributed by atoms with E-state index in [2.05, 4.69) is 5.32 Å². The SMILES string of the molecule is N#CCC(=O)Nc1ccc(Cl)cc1C(=O)c1ccccc1. The van der Waals surface area contributed by atoms with Crippen molar-refractivity contribution in [2.75, 3.05) is 5.32 Å². The second kappa shape index (κ2) is 6.69. The minimum atomic E-state index is -0.470. The largest absolute Gasteiger partial charge is 0.325 e. The summed E-state index contributed by atoms with van der Waals surface area (Å²) in [5.74, 6) is -0.715. The third-order valence-corrected chi connectivity index (χ3v) is 3.01. The molecule has 0 atom stereocenters. The van der Waals surface area contributed by atoms with Crippen LogP contribution in [0.25, 0.3) is 0 Å². The van der Waals surface area contributed by atoms with Crippen molar-refractivity contribution in [2.45, 2.75) is 6.42 Å². The number of benzene rings is 2. The Kier molecular flexibility index (Phi) is 4.70. The van der Waals surface area contributed by atoms with Crippen LogP contribution in [0.2, 0.25) is 5.02 Å². The summed E-state index contributed by atoms with van der Waals surface area (Å²) in [5, 5.41) is 11.5. The first kappa shape index (κ1) is 14.8. The molecule has 21 heavy (non-hydrogen) atoms. The summed E-state index contributed by atoms with van der Waals surface area (Å²) in [6.07, 6.45) is -0.276. The van der Waals surface area contributed by atoms with Crippen molar-refractivity contribution in [1.82, 2.24) is 0 Å². The fraction of sp³-hybridized carbons (Fsp3) is 0.0625. The van der Waals surface area contributed by atoms with Gasteiger partial charge >= 0.3 is 0 Å². The minimum Gasteiger partial charge on any atom is -0.325 e. The molecule has 0 saturated heterocycles. The Balaban J connectivity index is 2.38. The van der Waals surface area contributed by atoms with Gasteiger partial charge in [-0.3, -0.25) is 9.59 Å². The van der Waals surface area contributed by atoms with Crippen LogP contribution in [-0.4, -0.2) is 11.7 Å². The van der Waals surface area contributed by atoms with Crippen LogP contribution >= 0.6 is 11.6 Å². The lowest BCUT2D eigenvalue weighted by atomic mass is 10.0. The van der Waals surface area contributed by atoms with Crippen LogP contribution < -0.4 is 5.32 Å². The summed E-state index contributed by atoms with van der Waals surface area (Å²) < 4.78 is 0. The van der Waals surface area contributed by atoms with Gasteiger partial charge < -0.3 is 5.32 Å². The lowest BCUT2D eigenvalue weighted by Crippen LogP contribution is -2.14. The third kappa shape index (κ3) is 3.68. The van der Waals surface area contributed by atoms with Crippen LogP contribution in [0.5, 0.6) is 0 Å². The van der Waals surface area contributed by atoms with Gasteiger partial charge in [0.1, 0.15) is 6.42 Å². The molecule has 1 amide bonds. The topological polar surface area (TPSA) is 70.0 Å². The van der Waals surface area contributed by atoms with E-state index in [0.717, 1.165) is 0 Å². The smallest absolute Gasteiger partial charge is 0.238 e. The highest BCUT2D eigenvalue weighted by molar-refractivity contribution is 6.31. The van der Waals surface area contributed by atoms with E-state index < -0.39 is 5.91 Å². The molecule has 0 fully saturated rings. The molecule has 0 saturated carbocycles. The molecule has 0 aliphatic rings. The Labute approximate surface area is 127 Å². The van der Waals surface area contributed by atoms with Crippen molar-refractivity contribution >= 4 is 29.0 Å². The van der Waals surface area contributed by atoms with E-state index in [0.29, 0.717) is 21.8 Å². The maximum atomic E-state index is 12.5. The molecule has 5 heteroatoms. The summed E-state index contributed by atoms with van der Waals surface area (Å²) in [7, 11) is 0. The summed E-state index contributed by atoms with van der Waals surface area (Å²) in [6, 6.07) is 15.1. The second-order valence-electron chi connectivity index (χ2n) is 4.27. The lowest BCUT2D eigenvalue weighted by molar-refractivity contribution is -0.115. The van der Waals surface area contributed by atoms with Gasteiger partial charge in [0.05, 0.1) is 11.8 Å². The molecule has 0 aromatic heterocycles. The van der Waals surface area contributed by atoms with Crippen LogP contribution in [0.15, 0.2) is 48.5 Å². The zero-order chi connectivity index (χ0) is 15.2. The molecular formula is C16H11ClN2O2. The van der Waals surface area contributed by atoms with Gasteiger partial charge in [0.15, 0.2) is 5.78 Å². The van der Waals surface area contributed by atoms with Crippen molar-refractivity contribution in [2.24, 2.45) is 0 Å². The molecule has 1 N–H and O–H groups in total. The number of nitrogens with one attached hydrogen (secondary N) is 1. The second-order valence-corrected chi connectivity index (χ2v) is 4.70. The highest BCUT2D eigenvalue weighted by atomic mass is 35.5. The van der Waals surface area contributed by atoms with Gasteiger partial charge in [-0.2, -0.15) is 5.26 Å². The molecule has 0 bridgehead atoms. The molecule has 0 radical (unpaired) electrons. The number of hydrogen-bond acceptors (Lipinski definition) is 3. The molecule has 0 aliphatic heterocycles. The van der Waals surface area contributed by atoms with E-state index in [-0.39, 0.29) is 12.2 Å². The molecule has 0 aliphatic carbocycles. The molecule has 4 nitrogen and oxygen atoms in total. The van der Waals surface area contributed by atoms with Crippen molar-refractivity contribution < 1.29 is 9.59 Å². The van der Waals surface area contributed by atoms with E-state index in [9.17, 15) is 9.59 Å². The summed E-state index contributed by atoms with van der Waals surface area (Å²) in [6.45, 7) is 0. The number of halogens is 1. The van der Waals surface area contributed by atoms with Gasteiger partial charge in [-0.1, -0.05) is 41.9 Å². The van der Waals surface area contributed by atoms with Crippen molar-refractivity contribution in [3.05, 3.63) is 64.7 Å². The maximum absolute atomic E-state index is 12.5. The Bertz CT molecular complexity index is 721. The average Bonchev–Trinajstić information content (AvgIpc) is 2.49. The number of carbonyl (C=O) groups excluding carboxylic acids is 2. The standard InChI is InChI=1S/C16H11ClN2O2/c17-12-6-7-14(19-15(20)8-9-18)13(10-12)16(21)11-4-2-1-3-5-11/h1-7,10H,8H2,(H,19,20).